The zero-order valence-electron chi connectivity index (χ0n) is 8.85. The van der Waals surface area contributed by atoms with Crippen molar-refractivity contribution in [2.45, 2.75) is 26.7 Å². The molecule has 0 saturated heterocycles. The molecule has 0 saturated carbocycles. The summed E-state index contributed by atoms with van der Waals surface area (Å²) in [4.78, 5) is 22.1. The maximum Gasteiger partial charge on any atom is 0.246 e. The maximum atomic E-state index is 11.1. The molecule has 0 aliphatic carbocycles. The van der Waals surface area contributed by atoms with E-state index in [0.717, 1.165) is 0 Å². The largest absolute Gasteiger partial charge is 0.352 e. The van der Waals surface area contributed by atoms with Crippen LogP contribution in [-0.4, -0.2) is 18.2 Å². The Labute approximate surface area is 84.9 Å². The van der Waals surface area contributed by atoms with Gasteiger partial charge in [0, 0.05) is 18.5 Å². The van der Waals surface area contributed by atoms with Crippen LogP contribution in [0.1, 0.15) is 26.7 Å². The van der Waals surface area contributed by atoms with E-state index in [0.29, 0.717) is 30.5 Å². The summed E-state index contributed by atoms with van der Waals surface area (Å²) in [6.07, 6.45) is 1.08. The molecule has 0 aliphatic heterocycles. The quantitative estimate of drug-likeness (QED) is 0.517. The second kappa shape index (κ2) is 6.13. The third kappa shape index (κ3) is 5.30. The molecule has 0 aromatic rings. The molecular weight excluding hydrogens is 178 g/mol. The Balaban J connectivity index is 3.57. The van der Waals surface area contributed by atoms with E-state index in [4.69, 9.17) is 0 Å². The molecule has 0 unspecified atom stereocenters. The summed E-state index contributed by atoms with van der Waals surface area (Å²) in [7, 11) is 0. The van der Waals surface area contributed by atoms with Gasteiger partial charge in [0.25, 0.3) is 0 Å². The van der Waals surface area contributed by atoms with Gasteiger partial charge in [-0.3, -0.25) is 9.59 Å². The van der Waals surface area contributed by atoms with Gasteiger partial charge in [-0.25, -0.2) is 0 Å². The summed E-state index contributed by atoms with van der Waals surface area (Å²) >= 11 is 0. The SMILES string of the molecule is C=C(C)C(=O)CCCNC(=O)C(=C)C. The van der Waals surface area contributed by atoms with Gasteiger partial charge in [0.1, 0.15) is 0 Å². The van der Waals surface area contributed by atoms with E-state index < -0.39 is 0 Å². The predicted molar refractivity (Wildman–Crippen MR) is 56.9 cm³/mol. The second-order valence-electron chi connectivity index (χ2n) is 3.34. The molecule has 0 spiro atoms. The Morgan fingerprint density at radius 3 is 2.14 bits per heavy atom. The van der Waals surface area contributed by atoms with Crippen LogP contribution in [0.4, 0.5) is 0 Å². The topological polar surface area (TPSA) is 46.2 Å². The lowest BCUT2D eigenvalue weighted by Gasteiger charge is -2.03. The summed E-state index contributed by atoms with van der Waals surface area (Å²) in [6, 6.07) is 0. The van der Waals surface area contributed by atoms with Gasteiger partial charge in [-0.05, 0) is 25.8 Å². The molecule has 14 heavy (non-hydrogen) atoms. The van der Waals surface area contributed by atoms with Crippen LogP contribution in [0.15, 0.2) is 24.3 Å². The Bertz CT molecular complexity index is 238. The van der Waals surface area contributed by atoms with Crippen LogP contribution in [0.5, 0.6) is 0 Å². The highest BCUT2D eigenvalue weighted by atomic mass is 16.1. The van der Waals surface area contributed by atoms with E-state index in [1.807, 2.05) is 0 Å². The first-order valence-corrected chi connectivity index (χ1v) is 4.57. The van der Waals surface area contributed by atoms with Gasteiger partial charge in [-0.2, -0.15) is 0 Å². The highest BCUT2D eigenvalue weighted by Crippen LogP contribution is 1.98. The lowest BCUT2D eigenvalue weighted by Crippen LogP contribution is -2.25. The molecule has 0 aliphatic rings. The van der Waals surface area contributed by atoms with Crippen LogP contribution in [0.3, 0.4) is 0 Å². The molecule has 0 rings (SSSR count). The molecule has 0 aromatic heterocycles. The maximum absolute atomic E-state index is 11.1. The van der Waals surface area contributed by atoms with Crippen LogP contribution < -0.4 is 5.32 Å². The minimum atomic E-state index is -0.159. The van der Waals surface area contributed by atoms with Crippen LogP contribution in [0, 0.1) is 0 Å². The molecule has 3 heteroatoms. The number of hydrogen-bond acceptors (Lipinski definition) is 2. The highest BCUT2D eigenvalue weighted by Gasteiger charge is 2.03. The second-order valence-corrected chi connectivity index (χ2v) is 3.34. The monoisotopic (exact) mass is 195 g/mol. The van der Waals surface area contributed by atoms with Gasteiger partial charge in [-0.15, -0.1) is 0 Å². The first kappa shape index (κ1) is 12.6. The summed E-state index contributed by atoms with van der Waals surface area (Å²) < 4.78 is 0. The molecule has 0 heterocycles. The predicted octanol–water partition coefficient (Wildman–Crippen LogP) is 1.60. The lowest BCUT2D eigenvalue weighted by molar-refractivity contribution is -0.118. The van der Waals surface area contributed by atoms with Crippen molar-refractivity contribution in [3.8, 4) is 0 Å². The zero-order valence-corrected chi connectivity index (χ0v) is 8.85. The molecule has 78 valence electrons. The van der Waals surface area contributed by atoms with Gasteiger partial charge in [0.2, 0.25) is 5.91 Å². The van der Waals surface area contributed by atoms with Crippen LogP contribution in [0.25, 0.3) is 0 Å². The molecule has 1 amide bonds. The zero-order chi connectivity index (χ0) is 11.1. The molecule has 3 nitrogen and oxygen atoms in total. The van der Waals surface area contributed by atoms with Crippen LogP contribution >= 0.6 is 0 Å². The van der Waals surface area contributed by atoms with Gasteiger partial charge in [-0.1, -0.05) is 13.2 Å². The molecular formula is C11H17NO2. The first-order chi connectivity index (χ1) is 6.45. The molecule has 0 atom stereocenters. The van der Waals surface area contributed by atoms with Crippen molar-refractivity contribution in [1.29, 1.82) is 0 Å². The number of Topliss-reactive ketones (excluding diaryl/α,β-unsaturated/α-hetero) is 1. The molecule has 1 N–H and O–H groups in total. The standard InChI is InChI=1S/C11H17NO2/c1-8(2)10(13)6-5-7-12-11(14)9(3)4/h1,3,5-7H2,2,4H3,(H,12,14). The van der Waals surface area contributed by atoms with Crippen molar-refractivity contribution in [3.63, 3.8) is 0 Å². The molecule has 0 fully saturated rings. The van der Waals surface area contributed by atoms with E-state index in [9.17, 15) is 9.59 Å². The van der Waals surface area contributed by atoms with Crippen molar-refractivity contribution in [1.82, 2.24) is 5.32 Å². The number of amides is 1. The lowest BCUT2D eigenvalue weighted by atomic mass is 10.1. The fourth-order valence-corrected chi connectivity index (χ4v) is 0.815. The Morgan fingerprint density at radius 1 is 1.14 bits per heavy atom. The number of carbonyl (C=O) groups excluding carboxylic acids is 2. The van der Waals surface area contributed by atoms with Gasteiger partial charge < -0.3 is 5.32 Å². The molecule has 0 bridgehead atoms. The van der Waals surface area contributed by atoms with Crippen molar-refractivity contribution >= 4 is 11.7 Å². The normalized spacial score (nSPS) is 9.29. The smallest absolute Gasteiger partial charge is 0.246 e. The number of allylic oxidation sites excluding steroid dienone is 1. The van der Waals surface area contributed by atoms with E-state index in [2.05, 4.69) is 18.5 Å². The van der Waals surface area contributed by atoms with E-state index in [-0.39, 0.29) is 11.7 Å². The number of rotatable bonds is 6. The van der Waals surface area contributed by atoms with Crippen molar-refractivity contribution in [3.05, 3.63) is 24.3 Å². The van der Waals surface area contributed by atoms with Crippen molar-refractivity contribution in [2.75, 3.05) is 6.54 Å². The minimum Gasteiger partial charge on any atom is -0.352 e. The summed E-state index contributed by atoms with van der Waals surface area (Å²) in [5.74, 6) is -0.109. The Hall–Kier alpha value is -1.38. The highest BCUT2D eigenvalue weighted by molar-refractivity contribution is 5.94. The number of hydrogen-bond donors (Lipinski definition) is 1. The van der Waals surface area contributed by atoms with E-state index >= 15 is 0 Å². The van der Waals surface area contributed by atoms with E-state index in [1.54, 1.807) is 13.8 Å². The number of ketones is 1. The summed E-state index contributed by atoms with van der Waals surface area (Å²) in [5, 5.41) is 2.66. The molecule has 0 radical (unpaired) electrons. The first-order valence-electron chi connectivity index (χ1n) is 4.57. The van der Waals surface area contributed by atoms with Gasteiger partial charge in [0.05, 0.1) is 0 Å². The van der Waals surface area contributed by atoms with E-state index in [1.165, 1.54) is 0 Å². The fourth-order valence-electron chi connectivity index (χ4n) is 0.815. The summed E-state index contributed by atoms with van der Waals surface area (Å²) in [5.41, 5.74) is 1.05. The van der Waals surface area contributed by atoms with Crippen LogP contribution in [-0.2, 0) is 9.59 Å². The number of nitrogens with one attached hydrogen (secondary N) is 1. The third-order valence-electron chi connectivity index (χ3n) is 1.73. The summed E-state index contributed by atoms with van der Waals surface area (Å²) in [6.45, 7) is 10.9. The Kier molecular flexibility index (Phi) is 5.53. The fraction of sp³-hybridized carbons (Fsp3) is 0.455. The molecule has 0 aromatic carbocycles. The van der Waals surface area contributed by atoms with Crippen LogP contribution in [0.2, 0.25) is 0 Å². The Morgan fingerprint density at radius 2 is 1.71 bits per heavy atom. The minimum absolute atomic E-state index is 0.0505. The van der Waals surface area contributed by atoms with Gasteiger partial charge >= 0.3 is 0 Å². The van der Waals surface area contributed by atoms with Crippen molar-refractivity contribution < 1.29 is 9.59 Å². The average Bonchev–Trinajstić information content (AvgIpc) is 2.11. The van der Waals surface area contributed by atoms with Crippen molar-refractivity contribution in [2.24, 2.45) is 0 Å². The average molecular weight is 195 g/mol. The number of carbonyl (C=O) groups is 2. The van der Waals surface area contributed by atoms with Gasteiger partial charge in [0.15, 0.2) is 5.78 Å². The third-order valence-corrected chi connectivity index (χ3v) is 1.73.